The fourth-order valence-electron chi connectivity index (χ4n) is 1.30. The summed E-state index contributed by atoms with van der Waals surface area (Å²) < 4.78 is 37.4. The van der Waals surface area contributed by atoms with Crippen LogP contribution in [0.2, 0.25) is 0 Å². The van der Waals surface area contributed by atoms with Crippen molar-refractivity contribution < 1.29 is 28.2 Å². The van der Waals surface area contributed by atoms with E-state index in [9.17, 15) is 23.1 Å². The number of benzene rings is 1. The Balaban J connectivity index is 3.37. The molecule has 1 aromatic rings. The molecule has 1 aromatic carbocycles. The number of hydrogen-bond acceptors (Lipinski definition) is 2. The van der Waals surface area contributed by atoms with Crippen LogP contribution in [-0.4, -0.2) is 16.2 Å². The van der Waals surface area contributed by atoms with Gasteiger partial charge >= 0.3 is 12.1 Å². The maximum atomic E-state index is 12.5. The standard InChI is InChI=1S/C10H9F3O3/c1-5(14)7-4-6(9(15)16)2-3-8(7)10(11,12)13/h2-5,14H,1H3,(H,15,16). The Morgan fingerprint density at radius 3 is 2.31 bits per heavy atom. The number of halogens is 3. The number of alkyl halides is 3. The van der Waals surface area contributed by atoms with Crippen molar-refractivity contribution in [1.82, 2.24) is 0 Å². The van der Waals surface area contributed by atoms with Gasteiger partial charge in [0, 0.05) is 0 Å². The minimum absolute atomic E-state index is 0.288. The molecule has 6 heteroatoms. The molecule has 0 amide bonds. The third kappa shape index (κ3) is 2.52. The number of rotatable bonds is 2. The smallest absolute Gasteiger partial charge is 0.416 e. The van der Waals surface area contributed by atoms with Gasteiger partial charge in [-0.2, -0.15) is 13.2 Å². The van der Waals surface area contributed by atoms with Crippen molar-refractivity contribution >= 4 is 5.97 Å². The van der Waals surface area contributed by atoms with E-state index in [1.807, 2.05) is 0 Å². The predicted octanol–water partition coefficient (Wildman–Crippen LogP) is 2.46. The molecule has 0 aliphatic carbocycles. The fraction of sp³-hybridized carbons (Fsp3) is 0.300. The number of carboxylic acids is 1. The van der Waals surface area contributed by atoms with Gasteiger partial charge in [-0.3, -0.25) is 0 Å². The van der Waals surface area contributed by atoms with E-state index in [1.54, 1.807) is 0 Å². The van der Waals surface area contributed by atoms with Crippen LogP contribution in [0.3, 0.4) is 0 Å². The maximum Gasteiger partial charge on any atom is 0.416 e. The summed E-state index contributed by atoms with van der Waals surface area (Å²) in [4.78, 5) is 10.6. The molecule has 0 radical (unpaired) electrons. The molecule has 3 nitrogen and oxygen atoms in total. The number of hydrogen-bond donors (Lipinski definition) is 2. The SMILES string of the molecule is CC(O)c1cc(C(=O)O)ccc1C(F)(F)F. The predicted molar refractivity (Wildman–Crippen MR) is 49.0 cm³/mol. The van der Waals surface area contributed by atoms with Crippen LogP contribution in [0.15, 0.2) is 18.2 Å². The topological polar surface area (TPSA) is 57.5 Å². The zero-order chi connectivity index (χ0) is 12.5. The molecule has 0 aromatic heterocycles. The number of carboxylic acid groups (broad SMARTS) is 1. The third-order valence-electron chi connectivity index (χ3n) is 2.05. The lowest BCUT2D eigenvalue weighted by molar-refractivity contribution is -0.139. The Morgan fingerprint density at radius 1 is 1.38 bits per heavy atom. The Hall–Kier alpha value is -1.56. The van der Waals surface area contributed by atoms with Gasteiger partial charge in [0.1, 0.15) is 0 Å². The highest BCUT2D eigenvalue weighted by Gasteiger charge is 2.34. The van der Waals surface area contributed by atoms with E-state index in [0.717, 1.165) is 19.1 Å². The first-order chi connectivity index (χ1) is 7.23. The molecule has 1 rings (SSSR count). The Bertz CT molecular complexity index is 410. The highest BCUT2D eigenvalue weighted by atomic mass is 19.4. The first-order valence-corrected chi connectivity index (χ1v) is 4.36. The van der Waals surface area contributed by atoms with Crippen molar-refractivity contribution in [3.63, 3.8) is 0 Å². The first kappa shape index (κ1) is 12.5. The zero-order valence-electron chi connectivity index (χ0n) is 8.25. The number of aliphatic hydroxyl groups is 1. The van der Waals surface area contributed by atoms with E-state index in [-0.39, 0.29) is 5.56 Å². The summed E-state index contributed by atoms with van der Waals surface area (Å²) in [7, 11) is 0. The summed E-state index contributed by atoms with van der Waals surface area (Å²) in [6, 6.07) is 2.35. The molecule has 0 fully saturated rings. The zero-order valence-corrected chi connectivity index (χ0v) is 8.25. The van der Waals surface area contributed by atoms with Crippen molar-refractivity contribution in [2.24, 2.45) is 0 Å². The molecule has 88 valence electrons. The molecule has 0 bridgehead atoms. The van der Waals surface area contributed by atoms with Crippen LogP contribution in [0, 0.1) is 0 Å². The minimum Gasteiger partial charge on any atom is -0.478 e. The molecule has 0 spiro atoms. The molecule has 0 saturated heterocycles. The second-order valence-corrected chi connectivity index (χ2v) is 3.28. The van der Waals surface area contributed by atoms with E-state index in [4.69, 9.17) is 5.11 Å². The molecule has 0 aliphatic heterocycles. The average Bonchev–Trinajstić information content (AvgIpc) is 2.15. The van der Waals surface area contributed by atoms with Gasteiger partial charge in [-0.05, 0) is 30.7 Å². The average molecular weight is 234 g/mol. The molecule has 16 heavy (non-hydrogen) atoms. The van der Waals surface area contributed by atoms with Crippen LogP contribution < -0.4 is 0 Å². The number of carbonyl (C=O) groups is 1. The van der Waals surface area contributed by atoms with Crippen LogP contribution in [0.25, 0.3) is 0 Å². The molecule has 0 heterocycles. The summed E-state index contributed by atoms with van der Waals surface area (Å²) in [5, 5.41) is 17.8. The summed E-state index contributed by atoms with van der Waals surface area (Å²) in [5.74, 6) is -1.34. The normalized spacial score (nSPS) is 13.6. The van der Waals surface area contributed by atoms with Gasteiger partial charge < -0.3 is 10.2 Å². The van der Waals surface area contributed by atoms with E-state index >= 15 is 0 Å². The van der Waals surface area contributed by atoms with Crippen LogP contribution >= 0.6 is 0 Å². The maximum absolute atomic E-state index is 12.5. The minimum atomic E-state index is -4.61. The molecular weight excluding hydrogens is 225 g/mol. The summed E-state index contributed by atoms with van der Waals surface area (Å²) >= 11 is 0. The van der Waals surface area contributed by atoms with Crippen molar-refractivity contribution in [2.45, 2.75) is 19.2 Å². The lowest BCUT2D eigenvalue weighted by Gasteiger charge is -2.15. The molecule has 0 aliphatic rings. The number of aliphatic hydroxyl groups excluding tert-OH is 1. The summed E-state index contributed by atoms with van der Waals surface area (Å²) in [6.45, 7) is 1.15. The molecule has 1 unspecified atom stereocenters. The first-order valence-electron chi connectivity index (χ1n) is 4.36. The van der Waals surface area contributed by atoms with Crippen molar-refractivity contribution in [3.05, 3.63) is 34.9 Å². The van der Waals surface area contributed by atoms with Gasteiger partial charge in [0.25, 0.3) is 0 Å². The van der Waals surface area contributed by atoms with Gasteiger partial charge in [0.05, 0.1) is 17.2 Å². The fourth-order valence-corrected chi connectivity index (χ4v) is 1.30. The van der Waals surface area contributed by atoms with Gasteiger partial charge in [0.2, 0.25) is 0 Å². The van der Waals surface area contributed by atoms with E-state index in [0.29, 0.717) is 6.07 Å². The van der Waals surface area contributed by atoms with Gasteiger partial charge in [-0.15, -0.1) is 0 Å². The largest absolute Gasteiger partial charge is 0.478 e. The summed E-state index contributed by atoms with van der Waals surface area (Å²) in [6.07, 6.45) is -5.99. The van der Waals surface area contributed by atoms with Crippen LogP contribution in [0.5, 0.6) is 0 Å². The van der Waals surface area contributed by atoms with Crippen LogP contribution in [0.4, 0.5) is 13.2 Å². The van der Waals surface area contributed by atoms with Gasteiger partial charge in [0.15, 0.2) is 0 Å². The van der Waals surface area contributed by atoms with Gasteiger partial charge in [-0.25, -0.2) is 4.79 Å². The van der Waals surface area contributed by atoms with Crippen LogP contribution in [0.1, 0.15) is 34.5 Å². The van der Waals surface area contributed by atoms with E-state index in [2.05, 4.69) is 0 Å². The third-order valence-corrected chi connectivity index (χ3v) is 2.05. The Morgan fingerprint density at radius 2 is 1.94 bits per heavy atom. The monoisotopic (exact) mass is 234 g/mol. The Kier molecular flexibility index (Phi) is 3.23. The highest BCUT2D eigenvalue weighted by molar-refractivity contribution is 5.88. The van der Waals surface area contributed by atoms with Crippen molar-refractivity contribution in [3.8, 4) is 0 Å². The summed E-state index contributed by atoms with van der Waals surface area (Å²) in [5.41, 5.74) is -1.75. The quantitative estimate of drug-likeness (QED) is 0.826. The van der Waals surface area contributed by atoms with E-state index < -0.39 is 29.4 Å². The Labute approximate surface area is 89.1 Å². The molecule has 0 saturated carbocycles. The molecule has 2 N–H and O–H groups in total. The highest BCUT2D eigenvalue weighted by Crippen LogP contribution is 2.35. The number of aromatic carboxylic acids is 1. The lowest BCUT2D eigenvalue weighted by Crippen LogP contribution is -2.12. The second-order valence-electron chi connectivity index (χ2n) is 3.28. The van der Waals surface area contributed by atoms with Crippen molar-refractivity contribution in [1.29, 1.82) is 0 Å². The van der Waals surface area contributed by atoms with Crippen LogP contribution in [-0.2, 0) is 6.18 Å². The van der Waals surface area contributed by atoms with Crippen molar-refractivity contribution in [2.75, 3.05) is 0 Å². The molecular formula is C10H9F3O3. The molecule has 1 atom stereocenters. The van der Waals surface area contributed by atoms with Gasteiger partial charge in [-0.1, -0.05) is 0 Å². The lowest BCUT2D eigenvalue weighted by atomic mass is 10.00. The van der Waals surface area contributed by atoms with E-state index in [1.165, 1.54) is 0 Å². The second kappa shape index (κ2) is 4.13.